The van der Waals surface area contributed by atoms with Gasteiger partial charge in [0.15, 0.2) is 5.78 Å². The number of ketones is 1. The topological polar surface area (TPSA) is 87.0 Å². The van der Waals surface area contributed by atoms with E-state index >= 15 is 0 Å². The third kappa shape index (κ3) is 7.59. The van der Waals surface area contributed by atoms with Gasteiger partial charge in [0.2, 0.25) is 0 Å². The summed E-state index contributed by atoms with van der Waals surface area (Å²) in [5.41, 5.74) is 0.0458. The van der Waals surface area contributed by atoms with Crippen LogP contribution in [0.1, 0.15) is 125 Å². The van der Waals surface area contributed by atoms with Gasteiger partial charge in [-0.15, -0.1) is 0 Å². The molecule has 1 N–H and O–H groups in total. The van der Waals surface area contributed by atoms with Crippen molar-refractivity contribution < 1.29 is 32.7 Å². The molecule has 6 nitrogen and oxygen atoms in total. The smallest absolute Gasteiger partial charge is 0.416 e. The van der Waals surface area contributed by atoms with Gasteiger partial charge in [-0.1, -0.05) is 70.0 Å². The monoisotopic (exact) mass is 612 g/mol. The van der Waals surface area contributed by atoms with Crippen molar-refractivity contribution in [1.29, 1.82) is 0 Å². The maximum Gasteiger partial charge on any atom is 0.416 e. The largest absolute Gasteiger partial charge is 0.481 e. The van der Waals surface area contributed by atoms with Crippen molar-refractivity contribution in [3.05, 3.63) is 70.8 Å². The highest BCUT2D eigenvalue weighted by Gasteiger charge is 2.52. The number of benzene rings is 2. The molecule has 1 heterocycles. The number of aliphatic carboxylic acids is 1. The van der Waals surface area contributed by atoms with Crippen molar-refractivity contribution in [2.24, 2.45) is 16.3 Å². The van der Waals surface area contributed by atoms with Crippen LogP contribution in [0.2, 0.25) is 0 Å². The van der Waals surface area contributed by atoms with E-state index in [1.54, 1.807) is 17.0 Å². The lowest BCUT2D eigenvalue weighted by atomic mass is 9.69. The zero-order valence-corrected chi connectivity index (χ0v) is 26.0. The van der Waals surface area contributed by atoms with Crippen LogP contribution in [0.25, 0.3) is 0 Å². The van der Waals surface area contributed by atoms with E-state index < -0.39 is 29.4 Å². The molecule has 0 aromatic heterocycles. The molecular weight excluding hydrogens is 569 g/mol. The Hall–Kier alpha value is -3.49. The number of Topliss-reactive ketones (excluding diaryl/α,β-unsaturated/α-hetero) is 1. The summed E-state index contributed by atoms with van der Waals surface area (Å²) in [7, 11) is 0. The summed E-state index contributed by atoms with van der Waals surface area (Å²) >= 11 is 0. The van der Waals surface area contributed by atoms with E-state index in [9.17, 15) is 27.6 Å². The van der Waals surface area contributed by atoms with Crippen LogP contribution < -0.4 is 0 Å². The van der Waals surface area contributed by atoms with E-state index in [1.807, 2.05) is 19.1 Å². The highest BCUT2D eigenvalue weighted by atomic mass is 19.4. The molecule has 1 aliphatic carbocycles. The van der Waals surface area contributed by atoms with Crippen LogP contribution in [0, 0.1) is 11.3 Å². The van der Waals surface area contributed by atoms with Crippen molar-refractivity contribution in [2.75, 3.05) is 0 Å². The van der Waals surface area contributed by atoms with Crippen LogP contribution in [0.3, 0.4) is 0 Å². The highest BCUT2D eigenvalue weighted by Crippen LogP contribution is 2.49. The predicted molar refractivity (Wildman–Crippen MR) is 163 cm³/mol. The second-order valence-corrected chi connectivity index (χ2v) is 13.4. The van der Waals surface area contributed by atoms with Crippen molar-refractivity contribution in [1.82, 2.24) is 4.90 Å². The first-order valence-electron chi connectivity index (χ1n) is 15.6. The first kappa shape index (κ1) is 33.4. The summed E-state index contributed by atoms with van der Waals surface area (Å²) in [6, 6.07) is 11.6. The number of rotatable bonds is 11. The Balaban J connectivity index is 1.55. The lowest BCUT2D eigenvalue weighted by Gasteiger charge is -2.46. The van der Waals surface area contributed by atoms with Crippen LogP contribution >= 0.6 is 0 Å². The van der Waals surface area contributed by atoms with Crippen molar-refractivity contribution in [2.45, 2.75) is 110 Å². The van der Waals surface area contributed by atoms with Gasteiger partial charge in [0, 0.05) is 24.0 Å². The lowest BCUT2D eigenvalue weighted by Crippen LogP contribution is -2.50. The van der Waals surface area contributed by atoms with E-state index in [0.717, 1.165) is 43.4 Å². The van der Waals surface area contributed by atoms with Crippen molar-refractivity contribution in [3.63, 3.8) is 0 Å². The molecule has 1 fully saturated rings. The SMILES string of the molecule is CC(c1ccc(C(=O)CCCCCCC(=O)O)cc1)N1C(=O)C(c2cccc(C(F)(F)F)c2)=NC12CCC(C(C)(C)C)CC2. The number of amides is 1. The molecule has 1 unspecified atom stereocenters. The van der Waals surface area contributed by atoms with Crippen LogP contribution in [0.4, 0.5) is 13.2 Å². The minimum Gasteiger partial charge on any atom is -0.481 e. The fraction of sp³-hybridized carbons (Fsp3) is 0.543. The second kappa shape index (κ2) is 13.2. The number of halogens is 3. The fourth-order valence-electron chi connectivity index (χ4n) is 6.64. The molecule has 44 heavy (non-hydrogen) atoms. The lowest BCUT2D eigenvalue weighted by molar-refractivity contribution is -0.138. The van der Waals surface area contributed by atoms with E-state index in [-0.39, 0.29) is 34.8 Å². The summed E-state index contributed by atoms with van der Waals surface area (Å²) in [6.07, 6.45) is 1.76. The first-order valence-corrected chi connectivity index (χ1v) is 15.6. The van der Waals surface area contributed by atoms with Crippen LogP contribution in [-0.4, -0.2) is 39.0 Å². The summed E-state index contributed by atoms with van der Waals surface area (Å²) < 4.78 is 40.6. The van der Waals surface area contributed by atoms with Gasteiger partial charge in [0.25, 0.3) is 5.91 Å². The van der Waals surface area contributed by atoms with Gasteiger partial charge >= 0.3 is 12.1 Å². The Morgan fingerprint density at radius 2 is 1.59 bits per heavy atom. The normalized spacial score (nSPS) is 21.4. The Morgan fingerprint density at radius 1 is 0.977 bits per heavy atom. The van der Waals surface area contributed by atoms with E-state index in [4.69, 9.17) is 10.1 Å². The van der Waals surface area contributed by atoms with Gasteiger partial charge in [0.1, 0.15) is 11.4 Å². The zero-order chi connectivity index (χ0) is 32.3. The molecule has 1 saturated carbocycles. The molecule has 0 radical (unpaired) electrons. The van der Waals surface area contributed by atoms with Gasteiger partial charge in [-0.25, -0.2) is 0 Å². The standard InChI is InChI=1S/C35H43F3N2O4/c1-23(24-14-16-25(17-15-24)29(41)12-7-5-6-8-13-30(42)43)40-32(44)31(26-10-9-11-28(22-26)35(36,37)38)39-34(40)20-18-27(19-21-34)33(2,3)4/h9-11,14-17,22-23,27H,5-8,12-13,18-21H2,1-4H3,(H,42,43). The number of hydrogen-bond acceptors (Lipinski definition) is 4. The van der Waals surface area contributed by atoms with Gasteiger partial charge in [-0.05, 0) is 74.5 Å². The minimum absolute atomic E-state index is 0.00632. The molecule has 2 aromatic carbocycles. The van der Waals surface area contributed by atoms with Gasteiger partial charge in [-0.3, -0.25) is 19.4 Å². The number of hydrogen-bond donors (Lipinski definition) is 1. The Kier molecular flexibility index (Phi) is 10.1. The molecule has 1 spiro atoms. The number of alkyl halides is 3. The molecule has 1 amide bonds. The Bertz CT molecular complexity index is 1380. The molecule has 4 rings (SSSR count). The molecule has 0 bridgehead atoms. The summed E-state index contributed by atoms with van der Waals surface area (Å²) in [5, 5.41) is 8.75. The number of carbonyl (C=O) groups excluding carboxylic acids is 2. The third-order valence-corrected chi connectivity index (χ3v) is 9.31. The molecule has 238 valence electrons. The van der Waals surface area contributed by atoms with Crippen LogP contribution in [0.5, 0.6) is 0 Å². The summed E-state index contributed by atoms with van der Waals surface area (Å²) in [6.45, 7) is 8.52. The van der Waals surface area contributed by atoms with Crippen LogP contribution in [0.15, 0.2) is 53.5 Å². The quantitative estimate of drug-likeness (QED) is 0.203. The molecule has 2 aliphatic rings. The summed E-state index contributed by atoms with van der Waals surface area (Å²) in [4.78, 5) is 44.2. The van der Waals surface area contributed by atoms with Crippen molar-refractivity contribution in [3.8, 4) is 0 Å². The van der Waals surface area contributed by atoms with Gasteiger partial charge < -0.3 is 10.0 Å². The maximum absolute atomic E-state index is 14.1. The van der Waals surface area contributed by atoms with E-state index in [1.165, 1.54) is 12.1 Å². The van der Waals surface area contributed by atoms with E-state index in [0.29, 0.717) is 43.6 Å². The Labute approximate surface area is 257 Å². The Morgan fingerprint density at radius 3 is 2.16 bits per heavy atom. The average Bonchev–Trinajstić information content (AvgIpc) is 3.24. The third-order valence-electron chi connectivity index (χ3n) is 9.31. The van der Waals surface area contributed by atoms with E-state index in [2.05, 4.69) is 20.8 Å². The average molecular weight is 613 g/mol. The fourth-order valence-corrected chi connectivity index (χ4v) is 6.64. The number of unbranched alkanes of at least 4 members (excludes halogenated alkanes) is 3. The van der Waals surface area contributed by atoms with Gasteiger partial charge in [0.05, 0.1) is 11.6 Å². The molecular formula is C35H43F3N2O4. The minimum atomic E-state index is -4.53. The van der Waals surface area contributed by atoms with Crippen LogP contribution in [-0.2, 0) is 15.8 Å². The second-order valence-electron chi connectivity index (χ2n) is 13.4. The van der Waals surface area contributed by atoms with Gasteiger partial charge in [-0.2, -0.15) is 13.2 Å². The first-order chi connectivity index (χ1) is 20.6. The number of carbonyl (C=O) groups is 3. The molecule has 1 atom stereocenters. The highest BCUT2D eigenvalue weighted by molar-refractivity contribution is 6.46. The molecule has 1 aliphatic heterocycles. The predicted octanol–water partition coefficient (Wildman–Crippen LogP) is 8.64. The number of nitrogens with zero attached hydrogens (tertiary/aromatic N) is 2. The number of carboxylic acid groups (broad SMARTS) is 1. The molecule has 2 aromatic rings. The summed E-state index contributed by atoms with van der Waals surface area (Å²) in [5.74, 6) is -0.746. The molecule has 0 saturated heterocycles. The zero-order valence-electron chi connectivity index (χ0n) is 26.0. The number of aliphatic imine (C=N–C) groups is 1. The molecule has 9 heteroatoms. The maximum atomic E-state index is 14.1. The van der Waals surface area contributed by atoms with Crippen molar-refractivity contribution >= 4 is 23.4 Å². The number of carboxylic acids is 1.